The smallest absolute Gasteiger partial charge is 0.241 e. The summed E-state index contributed by atoms with van der Waals surface area (Å²) in [5, 5.41) is 18.7. The third kappa shape index (κ3) is 4.93. The number of rotatable bonds is 5. The molecule has 5 nitrogen and oxygen atoms in total. The Morgan fingerprint density at radius 2 is 1.95 bits per heavy atom. The summed E-state index contributed by atoms with van der Waals surface area (Å²) in [7, 11) is -3.79. The highest BCUT2D eigenvalue weighted by Crippen LogP contribution is 2.21. The lowest BCUT2D eigenvalue weighted by atomic mass is 9.89. The molecule has 0 aromatic heterocycles. The second-order valence-corrected chi connectivity index (χ2v) is 7.61. The van der Waals surface area contributed by atoms with Crippen LogP contribution in [-0.4, -0.2) is 26.2 Å². The number of aliphatic hydroxyl groups excluding tert-OH is 1. The summed E-state index contributed by atoms with van der Waals surface area (Å²) in [6.07, 6.45) is -0.283. The molecule has 20 heavy (non-hydrogen) atoms. The van der Waals surface area contributed by atoms with E-state index >= 15 is 0 Å². The van der Waals surface area contributed by atoms with Crippen LogP contribution in [0.1, 0.15) is 32.8 Å². The molecule has 0 saturated heterocycles. The number of aliphatic hydroxyl groups is 1. The van der Waals surface area contributed by atoms with E-state index in [1.54, 1.807) is 12.1 Å². The topological polar surface area (TPSA) is 90.2 Å². The van der Waals surface area contributed by atoms with Crippen molar-refractivity contribution in [1.82, 2.24) is 4.72 Å². The van der Waals surface area contributed by atoms with Crippen LogP contribution in [0, 0.1) is 16.7 Å². The summed E-state index contributed by atoms with van der Waals surface area (Å²) in [6.45, 7) is 5.83. The highest BCUT2D eigenvalue weighted by molar-refractivity contribution is 7.89. The number of nitriles is 1. The van der Waals surface area contributed by atoms with Crippen molar-refractivity contribution >= 4 is 10.0 Å². The predicted molar refractivity (Wildman–Crippen MR) is 76.4 cm³/mol. The molecule has 0 radical (unpaired) electrons. The van der Waals surface area contributed by atoms with Crippen molar-refractivity contribution < 1.29 is 13.5 Å². The summed E-state index contributed by atoms with van der Waals surface area (Å²) in [5.74, 6) is 0. The number of nitrogens with one attached hydrogen (secondary N) is 1. The van der Waals surface area contributed by atoms with Crippen molar-refractivity contribution in [3.05, 3.63) is 29.8 Å². The van der Waals surface area contributed by atoms with Crippen molar-refractivity contribution in [1.29, 1.82) is 5.26 Å². The molecule has 0 fully saturated rings. The summed E-state index contributed by atoms with van der Waals surface area (Å²) < 4.78 is 26.6. The first kappa shape index (κ1) is 16.6. The van der Waals surface area contributed by atoms with E-state index in [9.17, 15) is 13.5 Å². The van der Waals surface area contributed by atoms with Crippen LogP contribution in [0.2, 0.25) is 0 Å². The highest BCUT2D eigenvalue weighted by Gasteiger charge is 2.21. The number of sulfonamides is 1. The molecule has 1 aromatic rings. The van der Waals surface area contributed by atoms with Gasteiger partial charge in [0.25, 0.3) is 0 Å². The van der Waals surface area contributed by atoms with Crippen LogP contribution in [0.3, 0.4) is 0 Å². The molecule has 2 N–H and O–H groups in total. The van der Waals surface area contributed by atoms with Crippen molar-refractivity contribution in [2.45, 2.75) is 38.2 Å². The Morgan fingerprint density at radius 3 is 2.50 bits per heavy atom. The third-order valence-electron chi connectivity index (χ3n) is 2.65. The molecule has 0 heterocycles. The van der Waals surface area contributed by atoms with Crippen LogP contribution in [0.15, 0.2) is 29.2 Å². The maximum Gasteiger partial charge on any atom is 0.241 e. The van der Waals surface area contributed by atoms with Crippen LogP contribution in [0.25, 0.3) is 0 Å². The van der Waals surface area contributed by atoms with E-state index in [2.05, 4.69) is 4.72 Å². The van der Waals surface area contributed by atoms with Gasteiger partial charge in [-0.2, -0.15) is 5.26 Å². The quantitative estimate of drug-likeness (QED) is 0.864. The fourth-order valence-corrected chi connectivity index (χ4v) is 3.08. The van der Waals surface area contributed by atoms with Crippen LogP contribution >= 0.6 is 0 Å². The zero-order valence-corrected chi connectivity index (χ0v) is 12.7. The molecule has 0 saturated carbocycles. The Morgan fingerprint density at radius 1 is 1.35 bits per heavy atom. The van der Waals surface area contributed by atoms with E-state index in [0.29, 0.717) is 6.42 Å². The molecular weight excluding hydrogens is 276 g/mol. The van der Waals surface area contributed by atoms with Crippen LogP contribution < -0.4 is 4.72 Å². The highest BCUT2D eigenvalue weighted by atomic mass is 32.2. The summed E-state index contributed by atoms with van der Waals surface area (Å²) in [4.78, 5) is -0.0644. The average molecular weight is 296 g/mol. The van der Waals surface area contributed by atoms with Gasteiger partial charge < -0.3 is 5.11 Å². The van der Waals surface area contributed by atoms with Gasteiger partial charge >= 0.3 is 0 Å². The van der Waals surface area contributed by atoms with E-state index in [-0.39, 0.29) is 22.4 Å². The zero-order valence-electron chi connectivity index (χ0n) is 11.9. The first-order valence-corrected chi connectivity index (χ1v) is 7.81. The van der Waals surface area contributed by atoms with Crippen LogP contribution in [0.4, 0.5) is 0 Å². The molecule has 1 unspecified atom stereocenters. The molecule has 1 atom stereocenters. The van der Waals surface area contributed by atoms with Crippen molar-refractivity contribution in [2.75, 3.05) is 6.54 Å². The van der Waals surface area contributed by atoms with E-state index < -0.39 is 16.1 Å². The average Bonchev–Trinajstić information content (AvgIpc) is 2.34. The standard InChI is InChI=1S/C14H20N2O3S/c1-14(2,3)8-12(17)10-16-20(18,19)13-7-5-4-6-11(13)9-15/h4-7,12,16-17H,8,10H2,1-3H3. The van der Waals surface area contributed by atoms with Gasteiger partial charge in [0.1, 0.15) is 6.07 Å². The molecule has 110 valence electrons. The third-order valence-corrected chi connectivity index (χ3v) is 4.14. The molecule has 1 aromatic carbocycles. The summed E-state index contributed by atoms with van der Waals surface area (Å²) in [6, 6.07) is 7.82. The SMILES string of the molecule is CC(C)(C)CC(O)CNS(=O)(=O)c1ccccc1C#N. The maximum atomic E-state index is 12.1. The van der Waals surface area contributed by atoms with Gasteiger partial charge in [-0.25, -0.2) is 13.1 Å². The Kier molecular flexibility index (Phi) is 5.28. The first-order valence-electron chi connectivity index (χ1n) is 6.32. The number of hydrogen-bond donors (Lipinski definition) is 2. The Labute approximate surface area is 120 Å². The monoisotopic (exact) mass is 296 g/mol. The van der Waals surface area contributed by atoms with Gasteiger partial charge in [-0.1, -0.05) is 32.9 Å². The first-order chi connectivity index (χ1) is 9.15. The molecule has 0 spiro atoms. The van der Waals surface area contributed by atoms with E-state index in [1.165, 1.54) is 12.1 Å². The van der Waals surface area contributed by atoms with Crippen molar-refractivity contribution in [2.24, 2.45) is 5.41 Å². The molecule has 1 rings (SSSR count). The number of nitrogens with zero attached hydrogens (tertiary/aromatic N) is 1. The molecule has 0 bridgehead atoms. The maximum absolute atomic E-state index is 12.1. The van der Waals surface area contributed by atoms with Crippen LogP contribution in [-0.2, 0) is 10.0 Å². The van der Waals surface area contributed by atoms with E-state index in [0.717, 1.165) is 0 Å². The van der Waals surface area contributed by atoms with Crippen molar-refractivity contribution in [3.63, 3.8) is 0 Å². The second kappa shape index (κ2) is 6.35. The van der Waals surface area contributed by atoms with E-state index in [4.69, 9.17) is 5.26 Å². The summed E-state index contributed by atoms with van der Waals surface area (Å²) in [5.41, 5.74) is 0.000374. The Hall–Kier alpha value is -1.42. The normalized spacial score (nSPS) is 13.8. The van der Waals surface area contributed by atoms with Gasteiger partial charge in [-0.3, -0.25) is 0 Å². The lowest BCUT2D eigenvalue weighted by Gasteiger charge is -2.22. The zero-order chi connectivity index (χ0) is 15.4. The fraction of sp³-hybridized carbons (Fsp3) is 0.500. The van der Waals surface area contributed by atoms with Crippen molar-refractivity contribution in [3.8, 4) is 6.07 Å². The Balaban J connectivity index is 2.79. The van der Waals surface area contributed by atoms with E-state index in [1.807, 2.05) is 26.8 Å². The molecular formula is C14H20N2O3S. The van der Waals surface area contributed by atoms with Gasteiger partial charge in [-0.05, 0) is 24.0 Å². The molecule has 0 aliphatic carbocycles. The minimum atomic E-state index is -3.79. The fourth-order valence-electron chi connectivity index (χ4n) is 1.86. The lowest BCUT2D eigenvalue weighted by Crippen LogP contribution is -2.34. The van der Waals surface area contributed by atoms with Gasteiger partial charge in [-0.15, -0.1) is 0 Å². The minimum absolute atomic E-state index is 0.0644. The lowest BCUT2D eigenvalue weighted by molar-refractivity contribution is 0.125. The molecule has 0 amide bonds. The summed E-state index contributed by atoms with van der Waals surface area (Å²) >= 11 is 0. The molecule has 0 aliphatic rings. The number of hydrogen-bond acceptors (Lipinski definition) is 4. The van der Waals surface area contributed by atoms with Gasteiger partial charge in [0, 0.05) is 6.54 Å². The number of benzene rings is 1. The van der Waals surface area contributed by atoms with Gasteiger partial charge in [0.05, 0.1) is 16.6 Å². The second-order valence-electron chi connectivity index (χ2n) is 5.88. The Bertz CT molecular complexity index is 598. The largest absolute Gasteiger partial charge is 0.392 e. The predicted octanol–water partition coefficient (Wildman–Crippen LogP) is 1.63. The molecule has 6 heteroatoms. The van der Waals surface area contributed by atoms with Crippen LogP contribution in [0.5, 0.6) is 0 Å². The van der Waals surface area contributed by atoms with Gasteiger partial charge in [0.15, 0.2) is 0 Å². The molecule has 0 aliphatic heterocycles. The van der Waals surface area contributed by atoms with Gasteiger partial charge in [0.2, 0.25) is 10.0 Å². The minimum Gasteiger partial charge on any atom is -0.392 e.